The summed E-state index contributed by atoms with van der Waals surface area (Å²) in [6, 6.07) is 16.4. The highest BCUT2D eigenvalue weighted by atomic mass is 19.3. The van der Waals surface area contributed by atoms with Crippen LogP contribution in [0.4, 0.5) is 8.78 Å². The van der Waals surface area contributed by atoms with Gasteiger partial charge in [-0.3, -0.25) is 4.79 Å². The highest BCUT2D eigenvalue weighted by molar-refractivity contribution is 5.92. The van der Waals surface area contributed by atoms with E-state index >= 15 is 0 Å². The molecule has 0 N–H and O–H groups in total. The fourth-order valence-corrected chi connectivity index (χ4v) is 3.13. The Kier molecular flexibility index (Phi) is 5.43. The van der Waals surface area contributed by atoms with E-state index in [-0.39, 0.29) is 17.7 Å². The largest absolute Gasteiger partial charge is 0.434 e. The first-order chi connectivity index (χ1) is 12.1. The van der Waals surface area contributed by atoms with Gasteiger partial charge in [0.05, 0.1) is 6.04 Å². The molecule has 1 fully saturated rings. The molecule has 0 unspecified atom stereocenters. The molecule has 25 heavy (non-hydrogen) atoms. The van der Waals surface area contributed by atoms with Crippen LogP contribution in [0.15, 0.2) is 60.7 Å². The first-order valence-corrected chi connectivity index (χ1v) is 8.22. The summed E-state index contributed by atoms with van der Waals surface area (Å²) in [4.78, 5) is 14.4. The molecular formula is C20H19F2NO2. The zero-order valence-corrected chi connectivity index (χ0v) is 13.6. The maximum absolute atomic E-state index is 12.6. The topological polar surface area (TPSA) is 29.5 Å². The van der Waals surface area contributed by atoms with Gasteiger partial charge in [-0.2, -0.15) is 8.78 Å². The summed E-state index contributed by atoms with van der Waals surface area (Å²) in [5, 5.41) is 0. The fraction of sp³-hybridized carbons (Fsp3) is 0.250. The number of hydrogen-bond donors (Lipinski definition) is 0. The maximum Gasteiger partial charge on any atom is 0.387 e. The maximum atomic E-state index is 12.6. The molecule has 0 aromatic heterocycles. The summed E-state index contributed by atoms with van der Waals surface area (Å²) >= 11 is 0. The predicted octanol–water partition coefficient (Wildman–Crippen LogP) is 4.66. The lowest BCUT2D eigenvalue weighted by Gasteiger charge is -2.23. The summed E-state index contributed by atoms with van der Waals surface area (Å²) < 4.78 is 29.4. The van der Waals surface area contributed by atoms with E-state index in [1.54, 1.807) is 18.2 Å². The van der Waals surface area contributed by atoms with E-state index in [0.717, 1.165) is 18.4 Å². The van der Waals surface area contributed by atoms with E-state index in [9.17, 15) is 13.6 Å². The average molecular weight is 343 g/mol. The highest BCUT2D eigenvalue weighted by Crippen LogP contribution is 2.32. The molecule has 2 aromatic rings. The molecule has 0 bridgehead atoms. The first-order valence-electron chi connectivity index (χ1n) is 8.22. The van der Waals surface area contributed by atoms with Gasteiger partial charge in [-0.05, 0) is 30.5 Å². The first kappa shape index (κ1) is 17.1. The van der Waals surface area contributed by atoms with E-state index in [4.69, 9.17) is 0 Å². The summed E-state index contributed by atoms with van der Waals surface area (Å²) in [5.41, 5.74) is 1.56. The molecule has 1 atom stereocenters. The predicted molar refractivity (Wildman–Crippen MR) is 92.2 cm³/mol. The molecule has 0 aliphatic carbocycles. The summed E-state index contributed by atoms with van der Waals surface area (Å²) in [6.45, 7) is -2.20. The molecule has 1 aliphatic rings. The zero-order valence-electron chi connectivity index (χ0n) is 13.6. The molecule has 1 amide bonds. The Bertz CT molecular complexity index is 746. The van der Waals surface area contributed by atoms with E-state index in [1.165, 1.54) is 18.2 Å². The number of carbonyl (C=O) groups is 1. The molecule has 1 aliphatic heterocycles. The summed E-state index contributed by atoms with van der Waals surface area (Å²) in [5.74, 6) is -0.0687. The number of hydrogen-bond acceptors (Lipinski definition) is 2. The molecule has 0 saturated carbocycles. The van der Waals surface area contributed by atoms with Gasteiger partial charge in [0.1, 0.15) is 5.75 Å². The lowest BCUT2D eigenvalue weighted by molar-refractivity contribution is -0.126. The smallest absolute Gasteiger partial charge is 0.387 e. The highest BCUT2D eigenvalue weighted by Gasteiger charge is 2.28. The zero-order chi connectivity index (χ0) is 17.6. The van der Waals surface area contributed by atoms with Crippen LogP contribution in [0, 0.1) is 0 Å². The van der Waals surface area contributed by atoms with Gasteiger partial charge in [0, 0.05) is 18.2 Å². The van der Waals surface area contributed by atoms with E-state index in [0.29, 0.717) is 12.1 Å². The van der Waals surface area contributed by atoms with E-state index in [2.05, 4.69) is 4.74 Å². The third-order valence-corrected chi connectivity index (χ3v) is 4.26. The van der Waals surface area contributed by atoms with Crippen LogP contribution >= 0.6 is 0 Å². The summed E-state index contributed by atoms with van der Waals surface area (Å²) in [7, 11) is 0. The number of benzene rings is 2. The van der Waals surface area contributed by atoms with E-state index in [1.807, 2.05) is 35.2 Å². The molecular weight excluding hydrogens is 324 g/mol. The normalized spacial score (nSPS) is 17.4. The lowest BCUT2D eigenvalue weighted by Crippen LogP contribution is -2.28. The van der Waals surface area contributed by atoms with Crippen molar-refractivity contribution < 1.29 is 18.3 Å². The Morgan fingerprint density at radius 2 is 1.84 bits per heavy atom. The molecule has 5 heteroatoms. The minimum atomic E-state index is -2.90. The number of halogens is 2. The van der Waals surface area contributed by atoms with Gasteiger partial charge in [-0.15, -0.1) is 0 Å². The van der Waals surface area contributed by atoms with Crippen molar-refractivity contribution in [3.05, 3.63) is 71.8 Å². The molecule has 1 saturated heterocycles. The van der Waals surface area contributed by atoms with Crippen molar-refractivity contribution in [2.45, 2.75) is 25.5 Å². The molecule has 0 radical (unpaired) electrons. The Labute approximate surface area is 145 Å². The standard InChI is InChI=1S/C20H19F2NO2/c21-20(22)25-18-11-5-4-9-16(18)12-13-19(24)23-14-6-10-17(23)15-7-2-1-3-8-15/h1-5,7-9,11-13,17,20H,6,10,14H2/b13-12-/t17-/m0/s1. The SMILES string of the molecule is O=C(/C=C\c1ccccc1OC(F)F)N1CCC[C@H]1c1ccccc1. The number of para-hydroxylation sites is 1. The van der Waals surface area contributed by atoms with Gasteiger partial charge in [0.15, 0.2) is 0 Å². The molecule has 2 aromatic carbocycles. The van der Waals surface area contributed by atoms with Crippen molar-refractivity contribution >= 4 is 12.0 Å². The van der Waals surface area contributed by atoms with Crippen molar-refractivity contribution in [3.63, 3.8) is 0 Å². The minimum Gasteiger partial charge on any atom is -0.434 e. The second-order valence-corrected chi connectivity index (χ2v) is 5.85. The van der Waals surface area contributed by atoms with Crippen LogP contribution in [0.3, 0.4) is 0 Å². The van der Waals surface area contributed by atoms with Crippen LogP contribution in [0.1, 0.15) is 30.0 Å². The van der Waals surface area contributed by atoms with Gasteiger partial charge in [-0.1, -0.05) is 48.5 Å². The minimum absolute atomic E-state index is 0.0579. The third-order valence-electron chi connectivity index (χ3n) is 4.26. The number of alkyl halides is 2. The Morgan fingerprint density at radius 1 is 1.12 bits per heavy atom. The number of carbonyl (C=O) groups excluding carboxylic acids is 1. The number of likely N-dealkylation sites (tertiary alicyclic amines) is 1. The molecule has 0 spiro atoms. The van der Waals surface area contributed by atoms with Gasteiger partial charge >= 0.3 is 6.61 Å². The van der Waals surface area contributed by atoms with Crippen LogP contribution in [-0.4, -0.2) is 24.0 Å². The fourth-order valence-electron chi connectivity index (χ4n) is 3.13. The number of nitrogens with zero attached hydrogens (tertiary/aromatic N) is 1. The van der Waals surface area contributed by atoms with Crippen LogP contribution in [0.5, 0.6) is 5.75 Å². The second-order valence-electron chi connectivity index (χ2n) is 5.85. The molecule has 3 rings (SSSR count). The van der Waals surface area contributed by atoms with Crippen LogP contribution < -0.4 is 4.74 Å². The second kappa shape index (κ2) is 7.92. The van der Waals surface area contributed by atoms with Gasteiger partial charge in [0.25, 0.3) is 0 Å². The molecule has 1 heterocycles. The van der Waals surface area contributed by atoms with E-state index < -0.39 is 6.61 Å². The van der Waals surface area contributed by atoms with Crippen molar-refractivity contribution in [2.24, 2.45) is 0 Å². The average Bonchev–Trinajstić information content (AvgIpc) is 3.11. The van der Waals surface area contributed by atoms with Gasteiger partial charge < -0.3 is 9.64 Å². The Balaban J connectivity index is 1.75. The number of ether oxygens (including phenoxy) is 1. The Hall–Kier alpha value is -2.69. The van der Waals surface area contributed by atoms with Crippen molar-refractivity contribution in [1.29, 1.82) is 0 Å². The van der Waals surface area contributed by atoms with Crippen LogP contribution in [0.2, 0.25) is 0 Å². The summed E-state index contributed by atoms with van der Waals surface area (Å²) in [6.07, 6.45) is 4.83. The van der Waals surface area contributed by atoms with Crippen LogP contribution in [0.25, 0.3) is 6.08 Å². The lowest BCUT2D eigenvalue weighted by atomic mass is 10.0. The molecule has 130 valence electrons. The number of amides is 1. The quantitative estimate of drug-likeness (QED) is 0.739. The van der Waals surface area contributed by atoms with Gasteiger partial charge in [0.2, 0.25) is 5.91 Å². The van der Waals surface area contributed by atoms with Gasteiger partial charge in [-0.25, -0.2) is 0 Å². The van der Waals surface area contributed by atoms with Crippen molar-refractivity contribution in [2.75, 3.05) is 6.54 Å². The van der Waals surface area contributed by atoms with Crippen molar-refractivity contribution in [1.82, 2.24) is 4.90 Å². The monoisotopic (exact) mass is 343 g/mol. The van der Waals surface area contributed by atoms with Crippen LogP contribution in [-0.2, 0) is 4.79 Å². The van der Waals surface area contributed by atoms with Crippen molar-refractivity contribution in [3.8, 4) is 5.75 Å². The number of rotatable bonds is 5. The third kappa shape index (κ3) is 4.24. The Morgan fingerprint density at radius 3 is 2.60 bits per heavy atom. The molecule has 3 nitrogen and oxygen atoms in total.